The quantitative estimate of drug-likeness (QED) is 0.485. The topological polar surface area (TPSA) is 12.0 Å². The van der Waals surface area contributed by atoms with Crippen molar-refractivity contribution in [1.82, 2.24) is 0 Å². The molecule has 0 unspecified atom stereocenters. The predicted molar refractivity (Wildman–Crippen MR) is 100 cm³/mol. The Morgan fingerprint density at radius 3 is 2.24 bits per heavy atom. The lowest BCUT2D eigenvalue weighted by Gasteiger charge is -2.37. The van der Waals surface area contributed by atoms with Crippen LogP contribution in [0.5, 0.6) is 0 Å². The highest BCUT2D eigenvalue weighted by Gasteiger charge is 2.32. The van der Waals surface area contributed by atoms with Gasteiger partial charge in [-0.15, -0.1) is 0 Å². The zero-order valence-electron chi connectivity index (χ0n) is 11.0. The Bertz CT molecular complexity index is 645. The predicted octanol–water partition coefficient (Wildman–Crippen LogP) is 6.99. The highest BCUT2D eigenvalue weighted by Crippen LogP contribution is 2.43. The van der Waals surface area contributed by atoms with E-state index < -0.39 is 0 Å². The van der Waals surface area contributed by atoms with Crippen molar-refractivity contribution in [1.29, 1.82) is 0 Å². The summed E-state index contributed by atoms with van der Waals surface area (Å²) in [6, 6.07) is 12.7. The molecule has 1 N–H and O–H groups in total. The van der Waals surface area contributed by atoms with Gasteiger partial charge in [0.15, 0.2) is 0 Å². The number of anilines is 1. The third-order valence-corrected chi connectivity index (χ3v) is 5.89. The molecule has 3 rings (SSSR count). The van der Waals surface area contributed by atoms with Crippen molar-refractivity contribution >= 4 is 65.1 Å². The Balaban J connectivity index is 1.67. The van der Waals surface area contributed by atoms with Crippen molar-refractivity contribution in [2.45, 2.75) is 24.8 Å². The van der Waals surface area contributed by atoms with Crippen LogP contribution in [0.25, 0.3) is 0 Å². The van der Waals surface area contributed by atoms with Gasteiger partial charge in [-0.3, -0.25) is 0 Å². The summed E-state index contributed by atoms with van der Waals surface area (Å²) in [4.78, 5) is 0. The van der Waals surface area contributed by atoms with Crippen LogP contribution in [0.4, 0.5) is 5.69 Å². The number of halogens is 4. The van der Waals surface area contributed by atoms with Crippen LogP contribution in [0.2, 0.25) is 5.02 Å². The minimum absolute atomic E-state index is 0.486. The Hall–Kier alpha value is -0.0300. The molecule has 110 valence electrons. The van der Waals surface area contributed by atoms with Crippen molar-refractivity contribution < 1.29 is 0 Å². The van der Waals surface area contributed by atoms with Crippen LogP contribution in [0, 0.1) is 0 Å². The van der Waals surface area contributed by atoms with E-state index in [-0.39, 0.29) is 0 Å². The second kappa shape index (κ2) is 6.61. The first-order valence-electron chi connectivity index (χ1n) is 6.70. The molecule has 5 heteroatoms. The van der Waals surface area contributed by atoms with E-state index in [1.807, 2.05) is 12.1 Å². The minimum atomic E-state index is 0.486. The molecule has 1 nitrogen and oxygen atoms in total. The molecule has 2 aromatic rings. The molecular formula is C16H13Br3ClN. The summed E-state index contributed by atoms with van der Waals surface area (Å²) in [7, 11) is 0. The van der Waals surface area contributed by atoms with Gasteiger partial charge in [-0.1, -0.05) is 45.7 Å². The largest absolute Gasteiger partial charge is 0.380 e. The van der Waals surface area contributed by atoms with E-state index in [2.05, 4.69) is 77.4 Å². The summed E-state index contributed by atoms with van der Waals surface area (Å²) in [5.74, 6) is 0.559. The summed E-state index contributed by atoms with van der Waals surface area (Å²) < 4.78 is 3.17. The minimum Gasteiger partial charge on any atom is -0.380 e. The molecule has 21 heavy (non-hydrogen) atoms. The highest BCUT2D eigenvalue weighted by atomic mass is 79.9. The molecule has 0 aliphatic heterocycles. The molecule has 0 saturated heterocycles. The third kappa shape index (κ3) is 3.49. The second-order valence-corrected chi connectivity index (χ2v) is 8.31. The standard InChI is InChI=1S/C16H13Br3ClN/c17-10-7-13(18)16(14(19)8-10)21-11-5-9(6-11)12-3-1-2-4-15(12)20/h1-4,7-9,11,21H,5-6H2. The van der Waals surface area contributed by atoms with Crippen molar-refractivity contribution in [2.75, 3.05) is 5.32 Å². The van der Waals surface area contributed by atoms with Gasteiger partial charge in [0.1, 0.15) is 0 Å². The first kappa shape index (κ1) is 15.9. The van der Waals surface area contributed by atoms with Crippen molar-refractivity contribution in [3.05, 3.63) is 60.4 Å². The van der Waals surface area contributed by atoms with Crippen LogP contribution in [0.3, 0.4) is 0 Å². The second-order valence-electron chi connectivity index (χ2n) is 5.28. The van der Waals surface area contributed by atoms with Crippen LogP contribution in [0.1, 0.15) is 24.3 Å². The average Bonchev–Trinajstić information content (AvgIpc) is 2.37. The Morgan fingerprint density at radius 2 is 1.62 bits per heavy atom. The summed E-state index contributed by atoms with van der Waals surface area (Å²) in [5, 5.41) is 4.49. The van der Waals surface area contributed by atoms with E-state index in [0.29, 0.717) is 12.0 Å². The molecule has 1 saturated carbocycles. The number of benzene rings is 2. The number of nitrogens with one attached hydrogen (secondary N) is 1. The van der Waals surface area contributed by atoms with Gasteiger partial charge in [0.25, 0.3) is 0 Å². The van der Waals surface area contributed by atoms with Gasteiger partial charge in [0, 0.05) is 24.5 Å². The van der Waals surface area contributed by atoms with Crippen LogP contribution in [-0.4, -0.2) is 6.04 Å². The number of rotatable bonds is 3. The smallest absolute Gasteiger partial charge is 0.0631 e. The first-order valence-corrected chi connectivity index (χ1v) is 9.46. The van der Waals surface area contributed by atoms with E-state index in [1.54, 1.807) is 0 Å². The van der Waals surface area contributed by atoms with Gasteiger partial charge < -0.3 is 5.32 Å². The molecule has 1 aliphatic rings. The average molecular weight is 494 g/mol. The third-order valence-electron chi connectivity index (χ3n) is 3.84. The monoisotopic (exact) mass is 491 g/mol. The molecule has 0 heterocycles. The van der Waals surface area contributed by atoms with Crippen LogP contribution in [-0.2, 0) is 0 Å². The molecule has 1 aliphatic carbocycles. The van der Waals surface area contributed by atoms with Gasteiger partial charge in [-0.2, -0.15) is 0 Å². The van der Waals surface area contributed by atoms with E-state index >= 15 is 0 Å². The maximum Gasteiger partial charge on any atom is 0.0631 e. The molecule has 0 aromatic heterocycles. The fourth-order valence-corrected chi connectivity index (χ4v) is 5.46. The van der Waals surface area contributed by atoms with E-state index in [0.717, 1.165) is 37.0 Å². The van der Waals surface area contributed by atoms with Crippen LogP contribution >= 0.6 is 59.4 Å². The Kier molecular flexibility index (Phi) is 4.99. The molecule has 0 amide bonds. The molecule has 0 atom stereocenters. The Morgan fingerprint density at radius 1 is 1.00 bits per heavy atom. The zero-order valence-corrected chi connectivity index (χ0v) is 16.6. The summed E-state index contributed by atoms with van der Waals surface area (Å²) in [6.45, 7) is 0. The van der Waals surface area contributed by atoms with Crippen molar-refractivity contribution in [3.8, 4) is 0 Å². The maximum absolute atomic E-state index is 6.27. The van der Waals surface area contributed by atoms with Gasteiger partial charge in [0.2, 0.25) is 0 Å². The van der Waals surface area contributed by atoms with E-state index in [4.69, 9.17) is 11.6 Å². The van der Waals surface area contributed by atoms with Gasteiger partial charge in [0.05, 0.1) is 5.69 Å². The van der Waals surface area contributed by atoms with E-state index in [1.165, 1.54) is 5.56 Å². The SMILES string of the molecule is Clc1ccccc1C1CC(Nc2c(Br)cc(Br)cc2Br)C1. The first-order chi connectivity index (χ1) is 10.0. The fraction of sp³-hybridized carbons (Fsp3) is 0.250. The van der Waals surface area contributed by atoms with E-state index in [9.17, 15) is 0 Å². The lowest BCUT2D eigenvalue weighted by Crippen LogP contribution is -2.34. The van der Waals surface area contributed by atoms with Gasteiger partial charge in [-0.25, -0.2) is 0 Å². The van der Waals surface area contributed by atoms with Crippen LogP contribution in [0.15, 0.2) is 49.8 Å². The summed E-state index contributed by atoms with van der Waals surface area (Å²) in [5.41, 5.74) is 2.38. The fourth-order valence-electron chi connectivity index (χ4n) is 2.68. The lowest BCUT2D eigenvalue weighted by molar-refractivity contribution is 0.374. The number of hydrogen-bond donors (Lipinski definition) is 1. The molecule has 0 bridgehead atoms. The molecule has 1 fully saturated rings. The zero-order chi connectivity index (χ0) is 15.0. The van der Waals surface area contributed by atoms with Crippen molar-refractivity contribution in [2.24, 2.45) is 0 Å². The molecule has 0 spiro atoms. The summed E-state index contributed by atoms with van der Waals surface area (Å²) >= 11 is 17.0. The highest BCUT2D eigenvalue weighted by molar-refractivity contribution is 9.11. The van der Waals surface area contributed by atoms with Crippen LogP contribution < -0.4 is 5.32 Å². The van der Waals surface area contributed by atoms with Crippen molar-refractivity contribution in [3.63, 3.8) is 0 Å². The Labute approximate surface area is 154 Å². The normalized spacial score (nSPS) is 21.0. The number of hydrogen-bond acceptors (Lipinski definition) is 1. The molecule has 2 aromatic carbocycles. The maximum atomic E-state index is 6.27. The van der Waals surface area contributed by atoms with Gasteiger partial charge >= 0.3 is 0 Å². The molecular weight excluding hydrogens is 481 g/mol. The molecule has 0 radical (unpaired) electrons. The lowest BCUT2D eigenvalue weighted by atomic mass is 9.76. The van der Waals surface area contributed by atoms with Gasteiger partial charge in [-0.05, 0) is 74.4 Å². The summed E-state index contributed by atoms with van der Waals surface area (Å²) in [6.07, 6.45) is 2.22.